The highest BCUT2D eigenvalue weighted by Crippen LogP contribution is 2.30. The largest absolute Gasteiger partial charge is 0.471 e. The van der Waals surface area contributed by atoms with E-state index in [0.717, 1.165) is 19.2 Å². The Morgan fingerprint density at radius 2 is 2.04 bits per heavy atom. The van der Waals surface area contributed by atoms with E-state index in [2.05, 4.69) is 24.1 Å². The topological polar surface area (TPSA) is 111 Å². The number of nitrogens with zero attached hydrogens (tertiary/aromatic N) is 2. The molecule has 0 radical (unpaired) electrons. The molecule has 0 aliphatic rings. The SMILES string of the molecule is COC(=O)CCS(=O)(=O)NCc1ccc(-c2noc(C(F)(F)F)n2)c(F)c1. The molecule has 8 nitrogen and oxygen atoms in total. The van der Waals surface area contributed by atoms with Gasteiger partial charge in [0.2, 0.25) is 15.8 Å². The summed E-state index contributed by atoms with van der Waals surface area (Å²) in [4.78, 5) is 14.0. The molecule has 0 atom stereocenters. The van der Waals surface area contributed by atoms with E-state index >= 15 is 0 Å². The van der Waals surface area contributed by atoms with Crippen molar-refractivity contribution in [2.24, 2.45) is 0 Å². The molecule has 1 aromatic heterocycles. The summed E-state index contributed by atoms with van der Waals surface area (Å²) in [6.07, 6.45) is -5.21. The van der Waals surface area contributed by atoms with Gasteiger partial charge in [0.15, 0.2) is 0 Å². The quantitative estimate of drug-likeness (QED) is 0.547. The Morgan fingerprint density at radius 3 is 2.59 bits per heavy atom. The number of halogens is 4. The summed E-state index contributed by atoms with van der Waals surface area (Å²) in [6, 6.07) is 3.30. The van der Waals surface area contributed by atoms with E-state index < -0.39 is 45.5 Å². The Labute approximate surface area is 150 Å². The zero-order valence-electron chi connectivity index (χ0n) is 13.7. The number of carbonyl (C=O) groups excluding carboxylic acids is 1. The van der Waals surface area contributed by atoms with Crippen LogP contribution >= 0.6 is 0 Å². The van der Waals surface area contributed by atoms with Crippen molar-refractivity contribution in [1.82, 2.24) is 14.9 Å². The zero-order valence-corrected chi connectivity index (χ0v) is 14.5. The van der Waals surface area contributed by atoms with Gasteiger partial charge in [0.1, 0.15) is 5.82 Å². The number of nitrogens with one attached hydrogen (secondary N) is 1. The van der Waals surface area contributed by atoms with Crippen molar-refractivity contribution < 1.29 is 40.0 Å². The van der Waals surface area contributed by atoms with Gasteiger partial charge in [-0.15, -0.1) is 0 Å². The third-order valence-corrected chi connectivity index (χ3v) is 4.57. The molecule has 0 bridgehead atoms. The van der Waals surface area contributed by atoms with Crippen LogP contribution in [-0.2, 0) is 32.3 Å². The van der Waals surface area contributed by atoms with Crippen LogP contribution in [0.15, 0.2) is 22.7 Å². The Bertz CT molecular complexity index is 927. The maximum absolute atomic E-state index is 14.1. The predicted molar refractivity (Wildman–Crippen MR) is 82.0 cm³/mol. The first-order valence-electron chi connectivity index (χ1n) is 7.25. The maximum atomic E-state index is 14.1. The van der Waals surface area contributed by atoms with E-state index in [1.54, 1.807) is 0 Å². The first kappa shape index (κ1) is 20.8. The second-order valence-corrected chi connectivity index (χ2v) is 7.13. The van der Waals surface area contributed by atoms with Gasteiger partial charge in [-0.25, -0.2) is 17.5 Å². The Balaban J connectivity index is 2.06. The number of alkyl halides is 3. The fourth-order valence-corrected chi connectivity index (χ4v) is 2.85. The second-order valence-electron chi connectivity index (χ2n) is 5.20. The van der Waals surface area contributed by atoms with Crippen LogP contribution in [0.1, 0.15) is 17.9 Å². The third kappa shape index (κ3) is 5.72. The summed E-state index contributed by atoms with van der Waals surface area (Å²) in [7, 11) is -2.69. The fraction of sp³-hybridized carbons (Fsp3) is 0.357. The van der Waals surface area contributed by atoms with Gasteiger partial charge in [-0.1, -0.05) is 11.2 Å². The Kier molecular flexibility index (Phi) is 6.15. The summed E-state index contributed by atoms with van der Waals surface area (Å²) in [5.74, 6) is -4.38. The Hall–Kier alpha value is -2.54. The van der Waals surface area contributed by atoms with Crippen molar-refractivity contribution in [2.45, 2.75) is 19.1 Å². The minimum Gasteiger partial charge on any atom is -0.469 e. The van der Waals surface area contributed by atoms with Gasteiger partial charge in [-0.05, 0) is 17.7 Å². The summed E-state index contributed by atoms with van der Waals surface area (Å²) < 4.78 is 85.5. The molecule has 148 valence electrons. The first-order chi connectivity index (χ1) is 12.5. The van der Waals surface area contributed by atoms with Crippen LogP contribution in [-0.4, -0.2) is 37.4 Å². The van der Waals surface area contributed by atoms with Gasteiger partial charge >= 0.3 is 18.0 Å². The monoisotopic (exact) mass is 411 g/mol. The minimum atomic E-state index is -4.86. The Morgan fingerprint density at radius 1 is 1.33 bits per heavy atom. The lowest BCUT2D eigenvalue weighted by atomic mass is 10.1. The van der Waals surface area contributed by atoms with Gasteiger partial charge in [0.05, 0.1) is 24.8 Å². The number of sulfonamides is 1. The average molecular weight is 411 g/mol. The van der Waals surface area contributed by atoms with Crippen LogP contribution in [0.3, 0.4) is 0 Å². The van der Waals surface area contributed by atoms with Crippen molar-refractivity contribution in [3.05, 3.63) is 35.5 Å². The molecule has 0 fully saturated rings. The molecule has 0 amide bonds. The fourth-order valence-electron chi connectivity index (χ4n) is 1.88. The number of hydrogen-bond acceptors (Lipinski definition) is 7. The number of ether oxygens (including phenoxy) is 1. The highest BCUT2D eigenvalue weighted by Gasteiger charge is 2.38. The van der Waals surface area contributed by atoms with Gasteiger partial charge in [-0.2, -0.15) is 18.2 Å². The summed E-state index contributed by atoms with van der Waals surface area (Å²) in [5, 5.41) is 3.08. The number of aromatic nitrogens is 2. The van der Waals surface area contributed by atoms with E-state index in [9.17, 15) is 30.8 Å². The number of hydrogen-bond donors (Lipinski definition) is 1. The minimum absolute atomic E-state index is 0.192. The highest BCUT2D eigenvalue weighted by atomic mass is 32.2. The van der Waals surface area contributed by atoms with Crippen LogP contribution in [0.2, 0.25) is 0 Å². The number of carbonyl (C=O) groups is 1. The molecule has 2 aromatic rings. The van der Waals surface area contributed by atoms with Gasteiger partial charge in [0, 0.05) is 6.54 Å². The van der Waals surface area contributed by atoms with E-state index in [1.807, 2.05) is 0 Å². The smallest absolute Gasteiger partial charge is 0.469 e. The molecule has 2 rings (SSSR count). The van der Waals surface area contributed by atoms with E-state index in [-0.39, 0.29) is 24.1 Å². The number of methoxy groups -OCH3 is 1. The summed E-state index contributed by atoms with van der Waals surface area (Å²) in [6.45, 7) is -0.291. The highest BCUT2D eigenvalue weighted by molar-refractivity contribution is 7.89. The maximum Gasteiger partial charge on any atom is 0.471 e. The molecule has 0 aliphatic heterocycles. The van der Waals surface area contributed by atoms with Crippen molar-refractivity contribution in [3.8, 4) is 11.4 Å². The predicted octanol–water partition coefficient (Wildman–Crippen LogP) is 1.88. The molecular weight excluding hydrogens is 398 g/mol. The molecule has 0 unspecified atom stereocenters. The molecule has 0 saturated heterocycles. The molecule has 13 heteroatoms. The lowest BCUT2D eigenvalue weighted by Crippen LogP contribution is -2.27. The van der Waals surface area contributed by atoms with Crippen molar-refractivity contribution in [1.29, 1.82) is 0 Å². The van der Waals surface area contributed by atoms with Crippen molar-refractivity contribution in [3.63, 3.8) is 0 Å². The molecule has 1 aromatic carbocycles. The first-order valence-corrected chi connectivity index (χ1v) is 8.91. The van der Waals surface area contributed by atoms with Crippen molar-refractivity contribution >= 4 is 16.0 Å². The lowest BCUT2D eigenvalue weighted by molar-refractivity contribution is -0.159. The van der Waals surface area contributed by atoms with Crippen LogP contribution in [0.4, 0.5) is 17.6 Å². The summed E-state index contributed by atoms with van der Waals surface area (Å²) >= 11 is 0. The summed E-state index contributed by atoms with van der Waals surface area (Å²) in [5.41, 5.74) is -0.149. The molecular formula is C14H13F4N3O5S. The molecule has 27 heavy (non-hydrogen) atoms. The van der Waals surface area contributed by atoms with Crippen LogP contribution in [0.5, 0.6) is 0 Å². The molecule has 1 N–H and O–H groups in total. The molecule has 0 saturated carbocycles. The van der Waals surface area contributed by atoms with E-state index in [0.29, 0.717) is 0 Å². The number of benzene rings is 1. The standard InChI is InChI=1S/C14H13F4N3O5S/c1-25-11(22)4-5-27(23,24)19-7-8-2-3-9(10(15)6-8)12-20-13(26-21-12)14(16,17)18/h2-3,6,19H,4-5,7H2,1H3. The zero-order chi connectivity index (χ0) is 20.2. The van der Waals surface area contributed by atoms with E-state index in [1.165, 1.54) is 6.07 Å². The average Bonchev–Trinajstić information content (AvgIpc) is 3.08. The van der Waals surface area contributed by atoms with Gasteiger partial charge in [-0.3, -0.25) is 4.79 Å². The van der Waals surface area contributed by atoms with Crippen molar-refractivity contribution in [2.75, 3.05) is 12.9 Å². The second kappa shape index (κ2) is 8.00. The lowest BCUT2D eigenvalue weighted by Gasteiger charge is -2.07. The van der Waals surface area contributed by atoms with E-state index in [4.69, 9.17) is 0 Å². The number of rotatable bonds is 7. The molecule has 1 heterocycles. The number of esters is 1. The normalized spacial score (nSPS) is 12.2. The van der Waals surface area contributed by atoms with Gasteiger partial charge < -0.3 is 9.26 Å². The molecule has 0 aliphatic carbocycles. The van der Waals surface area contributed by atoms with Gasteiger partial charge in [0.25, 0.3) is 0 Å². The third-order valence-electron chi connectivity index (χ3n) is 3.24. The van der Waals surface area contributed by atoms with Crippen LogP contribution in [0.25, 0.3) is 11.4 Å². The van der Waals surface area contributed by atoms with Crippen LogP contribution < -0.4 is 4.72 Å². The molecule has 0 spiro atoms. The van der Waals surface area contributed by atoms with Crippen LogP contribution in [0, 0.1) is 5.82 Å².